The maximum Gasteiger partial charge on any atom is 0.259 e. The number of halogens is 1. The third-order valence-corrected chi connectivity index (χ3v) is 4.45. The number of ether oxygens (including phenoxy) is 1. The van der Waals surface area contributed by atoms with E-state index in [0.717, 1.165) is 0 Å². The fourth-order valence-electron chi connectivity index (χ4n) is 2.35. The monoisotopic (exact) mass is 401 g/mol. The van der Waals surface area contributed by atoms with Crippen LogP contribution in [0, 0.1) is 0 Å². The van der Waals surface area contributed by atoms with Gasteiger partial charge in [0, 0.05) is 27.9 Å². The summed E-state index contributed by atoms with van der Waals surface area (Å²) in [5.74, 6) is -0.241. The summed E-state index contributed by atoms with van der Waals surface area (Å²) in [6.45, 7) is 2.26. The molecule has 0 saturated carbocycles. The third kappa shape index (κ3) is 4.84. The first kappa shape index (κ1) is 18.9. The lowest BCUT2D eigenvalue weighted by Gasteiger charge is -2.12. The Labute approximate surface area is 165 Å². The summed E-state index contributed by atoms with van der Waals surface area (Å²) < 4.78 is 5.48. The van der Waals surface area contributed by atoms with Crippen molar-refractivity contribution in [3.63, 3.8) is 0 Å². The summed E-state index contributed by atoms with van der Waals surface area (Å²) in [7, 11) is 0. The van der Waals surface area contributed by atoms with Gasteiger partial charge in [-0.25, -0.2) is 4.98 Å². The molecule has 0 fully saturated rings. The van der Waals surface area contributed by atoms with E-state index in [-0.39, 0.29) is 11.8 Å². The van der Waals surface area contributed by atoms with E-state index >= 15 is 0 Å². The summed E-state index contributed by atoms with van der Waals surface area (Å²) in [4.78, 5) is 29.0. The summed E-state index contributed by atoms with van der Waals surface area (Å²) >= 11 is 7.33. The minimum absolute atomic E-state index is 0.307. The molecule has 2 N–H and O–H groups in total. The number of nitrogens with zero attached hydrogens (tertiary/aromatic N) is 1. The Bertz CT molecular complexity index is 961. The number of hydrogen-bond donors (Lipinski definition) is 2. The topological polar surface area (TPSA) is 80.3 Å². The maximum absolute atomic E-state index is 12.6. The average Bonchev–Trinajstić information content (AvgIpc) is 3.16. The van der Waals surface area contributed by atoms with Gasteiger partial charge in [0.25, 0.3) is 11.8 Å². The van der Waals surface area contributed by atoms with E-state index in [9.17, 15) is 9.59 Å². The quantitative estimate of drug-likeness (QED) is 0.627. The van der Waals surface area contributed by atoms with Gasteiger partial charge in [0.15, 0.2) is 5.13 Å². The lowest BCUT2D eigenvalue weighted by atomic mass is 10.1. The molecule has 0 aliphatic carbocycles. The molecule has 3 aromatic rings. The van der Waals surface area contributed by atoms with Crippen LogP contribution < -0.4 is 15.4 Å². The van der Waals surface area contributed by atoms with Crippen molar-refractivity contribution in [2.75, 3.05) is 17.2 Å². The first-order valence-corrected chi connectivity index (χ1v) is 9.37. The van der Waals surface area contributed by atoms with E-state index in [1.807, 2.05) is 6.92 Å². The van der Waals surface area contributed by atoms with Gasteiger partial charge in [0.1, 0.15) is 5.75 Å². The van der Waals surface area contributed by atoms with E-state index in [1.54, 1.807) is 54.0 Å². The Kier molecular flexibility index (Phi) is 6.05. The van der Waals surface area contributed by atoms with Gasteiger partial charge in [-0.15, -0.1) is 11.3 Å². The highest BCUT2D eigenvalue weighted by molar-refractivity contribution is 7.13. The second-order valence-electron chi connectivity index (χ2n) is 5.40. The Morgan fingerprint density at radius 2 is 2.00 bits per heavy atom. The molecule has 0 bridgehead atoms. The largest absolute Gasteiger partial charge is 0.493 e. The van der Waals surface area contributed by atoms with Crippen LogP contribution in [-0.2, 0) is 0 Å². The molecule has 27 heavy (non-hydrogen) atoms. The Hall–Kier alpha value is -2.90. The first-order chi connectivity index (χ1) is 13.1. The number of carbonyl (C=O) groups is 2. The van der Waals surface area contributed by atoms with E-state index < -0.39 is 0 Å². The smallest absolute Gasteiger partial charge is 0.259 e. The van der Waals surface area contributed by atoms with Crippen LogP contribution in [0.2, 0.25) is 5.02 Å². The van der Waals surface area contributed by atoms with Gasteiger partial charge in [0.2, 0.25) is 0 Å². The van der Waals surface area contributed by atoms with Crippen molar-refractivity contribution in [1.29, 1.82) is 0 Å². The van der Waals surface area contributed by atoms with Gasteiger partial charge in [-0.2, -0.15) is 0 Å². The molecule has 3 rings (SSSR count). The molecule has 2 amide bonds. The number of nitrogens with one attached hydrogen (secondary N) is 2. The summed E-state index contributed by atoms with van der Waals surface area (Å²) in [5.41, 5.74) is 1.20. The van der Waals surface area contributed by atoms with Crippen molar-refractivity contribution in [2.24, 2.45) is 0 Å². The van der Waals surface area contributed by atoms with Crippen molar-refractivity contribution >= 4 is 45.6 Å². The highest BCUT2D eigenvalue weighted by Crippen LogP contribution is 2.24. The van der Waals surface area contributed by atoms with E-state index in [0.29, 0.717) is 39.3 Å². The molecular formula is C19H16ClN3O3S. The van der Waals surface area contributed by atoms with Gasteiger partial charge in [-0.05, 0) is 43.3 Å². The molecule has 8 heteroatoms. The maximum atomic E-state index is 12.6. The fourth-order valence-corrected chi connectivity index (χ4v) is 3.05. The normalized spacial score (nSPS) is 10.3. The van der Waals surface area contributed by atoms with Crippen LogP contribution in [0.4, 0.5) is 10.8 Å². The number of benzene rings is 2. The van der Waals surface area contributed by atoms with Crippen LogP contribution >= 0.6 is 22.9 Å². The zero-order valence-corrected chi connectivity index (χ0v) is 15.9. The molecule has 0 saturated heterocycles. The van der Waals surface area contributed by atoms with Gasteiger partial charge >= 0.3 is 0 Å². The number of aromatic nitrogens is 1. The molecule has 0 atom stereocenters. The lowest BCUT2D eigenvalue weighted by molar-refractivity contribution is 0.101. The predicted molar refractivity (Wildman–Crippen MR) is 107 cm³/mol. The Morgan fingerprint density at radius 1 is 1.15 bits per heavy atom. The van der Waals surface area contributed by atoms with Crippen molar-refractivity contribution in [2.45, 2.75) is 6.92 Å². The fraction of sp³-hybridized carbons (Fsp3) is 0.105. The van der Waals surface area contributed by atoms with Gasteiger partial charge in [0.05, 0.1) is 12.2 Å². The van der Waals surface area contributed by atoms with Crippen molar-refractivity contribution in [3.05, 3.63) is 70.2 Å². The van der Waals surface area contributed by atoms with Crippen LogP contribution in [0.1, 0.15) is 27.6 Å². The van der Waals surface area contributed by atoms with Crippen LogP contribution in [-0.4, -0.2) is 23.4 Å². The molecular weight excluding hydrogens is 386 g/mol. The number of anilines is 2. The zero-order chi connectivity index (χ0) is 19.2. The number of rotatable bonds is 6. The number of amides is 2. The molecule has 0 unspecified atom stereocenters. The number of thiazole rings is 1. The number of carbonyl (C=O) groups excluding carboxylic acids is 2. The van der Waals surface area contributed by atoms with Crippen molar-refractivity contribution in [1.82, 2.24) is 4.98 Å². The zero-order valence-electron chi connectivity index (χ0n) is 14.4. The SMILES string of the molecule is CCOc1ccc(Cl)cc1C(=O)Nc1cccc(C(=O)Nc2nccs2)c1. The third-order valence-electron chi connectivity index (χ3n) is 3.52. The number of hydrogen-bond acceptors (Lipinski definition) is 5. The molecule has 2 aromatic carbocycles. The molecule has 0 aliphatic heterocycles. The average molecular weight is 402 g/mol. The molecule has 0 aliphatic rings. The van der Waals surface area contributed by atoms with Crippen molar-refractivity contribution in [3.8, 4) is 5.75 Å². The Balaban J connectivity index is 1.77. The molecule has 1 aromatic heterocycles. The van der Waals surface area contributed by atoms with E-state index in [1.165, 1.54) is 11.3 Å². The minimum atomic E-state index is -0.376. The first-order valence-electron chi connectivity index (χ1n) is 8.11. The second kappa shape index (κ2) is 8.66. The molecule has 0 radical (unpaired) electrons. The van der Waals surface area contributed by atoms with Crippen LogP contribution in [0.15, 0.2) is 54.0 Å². The standard InChI is InChI=1S/C19H16ClN3O3S/c1-2-26-16-7-6-13(20)11-15(16)18(25)22-14-5-3-4-12(10-14)17(24)23-19-21-8-9-27-19/h3-11H,2H2,1H3,(H,22,25)(H,21,23,24). The Morgan fingerprint density at radius 3 is 2.74 bits per heavy atom. The highest BCUT2D eigenvalue weighted by atomic mass is 35.5. The molecule has 1 heterocycles. The molecule has 138 valence electrons. The summed E-state index contributed by atoms with van der Waals surface area (Å²) in [6, 6.07) is 11.5. The van der Waals surface area contributed by atoms with Gasteiger partial charge < -0.3 is 10.1 Å². The molecule has 6 nitrogen and oxygen atoms in total. The van der Waals surface area contributed by atoms with Crippen molar-refractivity contribution < 1.29 is 14.3 Å². The van der Waals surface area contributed by atoms with Gasteiger partial charge in [-0.1, -0.05) is 17.7 Å². The van der Waals surface area contributed by atoms with E-state index in [4.69, 9.17) is 16.3 Å². The minimum Gasteiger partial charge on any atom is -0.493 e. The lowest BCUT2D eigenvalue weighted by Crippen LogP contribution is -2.15. The predicted octanol–water partition coefficient (Wildman–Crippen LogP) is 4.70. The van der Waals surface area contributed by atoms with Gasteiger partial charge in [-0.3, -0.25) is 14.9 Å². The summed E-state index contributed by atoms with van der Waals surface area (Å²) in [5, 5.41) is 8.18. The highest BCUT2D eigenvalue weighted by Gasteiger charge is 2.15. The molecule has 0 spiro atoms. The second-order valence-corrected chi connectivity index (χ2v) is 6.73. The van der Waals surface area contributed by atoms with Crippen LogP contribution in [0.25, 0.3) is 0 Å². The van der Waals surface area contributed by atoms with E-state index in [2.05, 4.69) is 15.6 Å². The van der Waals surface area contributed by atoms with Crippen LogP contribution in [0.3, 0.4) is 0 Å². The summed E-state index contributed by atoms with van der Waals surface area (Å²) in [6.07, 6.45) is 1.61. The van der Waals surface area contributed by atoms with Crippen LogP contribution in [0.5, 0.6) is 5.75 Å².